The summed E-state index contributed by atoms with van der Waals surface area (Å²) in [7, 11) is 4.49. The van der Waals surface area contributed by atoms with Crippen molar-refractivity contribution in [3.63, 3.8) is 0 Å². The number of nitrogens with one attached hydrogen (secondary N) is 1. The van der Waals surface area contributed by atoms with Crippen LogP contribution < -0.4 is 34.7 Å². The maximum Gasteiger partial charge on any atom is 0.203 e. The third kappa shape index (κ3) is 5.45. The van der Waals surface area contributed by atoms with Gasteiger partial charge in [0.1, 0.15) is 11.9 Å². The highest BCUT2D eigenvalue weighted by atomic mass is 19.1. The van der Waals surface area contributed by atoms with E-state index < -0.39 is 17.0 Å². The van der Waals surface area contributed by atoms with Crippen LogP contribution in [0.2, 0.25) is 0 Å². The van der Waals surface area contributed by atoms with Crippen LogP contribution in [0.15, 0.2) is 41.3 Å². The number of anilines is 1. The Hall–Kier alpha value is -4.05. The monoisotopic (exact) mass is 525 g/mol. The molecular formula is C28H32FN3O6. The van der Waals surface area contributed by atoms with E-state index in [1.165, 1.54) is 50.5 Å². The van der Waals surface area contributed by atoms with E-state index in [-0.39, 0.29) is 17.1 Å². The molecule has 4 rings (SSSR count). The molecule has 0 amide bonds. The predicted octanol–water partition coefficient (Wildman–Crippen LogP) is 3.31. The molecule has 0 atom stereocenters. The number of aromatic nitrogens is 1. The summed E-state index contributed by atoms with van der Waals surface area (Å²) >= 11 is 0. The second kappa shape index (κ2) is 11.6. The number of ether oxygens (including phenoxy) is 3. The molecule has 2 heterocycles. The largest absolute Gasteiger partial charge is 0.493 e. The first-order chi connectivity index (χ1) is 18.3. The summed E-state index contributed by atoms with van der Waals surface area (Å²) in [6.07, 6.45) is 3.92. The molecule has 1 fully saturated rings. The minimum absolute atomic E-state index is 0.0640. The molecule has 1 aliphatic heterocycles. The Balaban J connectivity index is 1.77. The van der Waals surface area contributed by atoms with Crippen LogP contribution in [0.5, 0.6) is 17.2 Å². The molecule has 0 unspecified atom stereocenters. The van der Waals surface area contributed by atoms with Gasteiger partial charge in [-0.1, -0.05) is 6.08 Å². The van der Waals surface area contributed by atoms with Crippen LogP contribution in [0.3, 0.4) is 0 Å². The van der Waals surface area contributed by atoms with Gasteiger partial charge in [-0.2, -0.15) is 4.73 Å². The summed E-state index contributed by atoms with van der Waals surface area (Å²) < 4.78 is 32.6. The highest BCUT2D eigenvalue weighted by Crippen LogP contribution is 2.38. The van der Waals surface area contributed by atoms with Crippen molar-refractivity contribution in [3.8, 4) is 17.2 Å². The number of methoxy groups -OCH3 is 3. The Morgan fingerprint density at radius 3 is 2.26 bits per heavy atom. The topological polar surface area (TPSA) is 91.3 Å². The van der Waals surface area contributed by atoms with Crippen molar-refractivity contribution in [2.45, 2.75) is 20.0 Å². The number of piperazine rings is 1. The lowest BCUT2D eigenvalue weighted by Gasteiger charge is -2.30. The van der Waals surface area contributed by atoms with Gasteiger partial charge >= 0.3 is 0 Å². The van der Waals surface area contributed by atoms with Gasteiger partial charge in [-0.05, 0) is 49.8 Å². The fourth-order valence-electron chi connectivity index (χ4n) is 4.40. The number of hydrogen-bond donors (Lipinski definition) is 1. The van der Waals surface area contributed by atoms with Crippen LogP contribution in [0.1, 0.15) is 29.8 Å². The Morgan fingerprint density at radius 1 is 1.03 bits per heavy atom. The van der Waals surface area contributed by atoms with Gasteiger partial charge in [0.25, 0.3) is 0 Å². The van der Waals surface area contributed by atoms with Crippen LogP contribution in [0, 0.1) is 5.82 Å². The summed E-state index contributed by atoms with van der Waals surface area (Å²) in [5.74, 6) is 0.189. The van der Waals surface area contributed by atoms with E-state index >= 15 is 4.39 Å². The molecule has 0 bridgehead atoms. The first-order valence-electron chi connectivity index (χ1n) is 12.3. The summed E-state index contributed by atoms with van der Waals surface area (Å²) in [5, 5.41) is 3.31. The van der Waals surface area contributed by atoms with Crippen molar-refractivity contribution in [1.82, 2.24) is 10.0 Å². The van der Waals surface area contributed by atoms with Crippen molar-refractivity contribution in [3.05, 3.63) is 63.7 Å². The quantitative estimate of drug-likeness (QED) is 0.336. The molecule has 202 valence electrons. The zero-order chi connectivity index (χ0) is 27.4. The van der Waals surface area contributed by atoms with Crippen LogP contribution in [0.4, 0.5) is 10.1 Å². The fraction of sp³-hybridized carbons (Fsp3) is 0.357. The molecule has 10 heteroatoms. The molecule has 9 nitrogen and oxygen atoms in total. The van der Waals surface area contributed by atoms with E-state index in [0.717, 1.165) is 13.1 Å². The number of hydrogen-bond acceptors (Lipinski definition) is 8. The SMILES string of the molecule is COc1cc(/C=C/C(=O)c2cn(OC(C)C)c3cc(N4CCNCC4)c(F)cc3c2=O)cc(OC)c1OC. The molecule has 38 heavy (non-hydrogen) atoms. The average molecular weight is 526 g/mol. The number of fused-ring (bicyclic) bond motifs is 1. The first kappa shape index (κ1) is 27.0. The first-order valence-corrected chi connectivity index (χ1v) is 12.3. The molecule has 3 aromatic rings. The number of benzene rings is 2. The second-order valence-electron chi connectivity index (χ2n) is 9.07. The lowest BCUT2D eigenvalue weighted by atomic mass is 10.1. The van der Waals surface area contributed by atoms with Crippen LogP contribution in [-0.2, 0) is 0 Å². The second-order valence-corrected chi connectivity index (χ2v) is 9.07. The smallest absolute Gasteiger partial charge is 0.203 e. The molecule has 2 aromatic carbocycles. The van der Waals surface area contributed by atoms with E-state index in [1.54, 1.807) is 18.2 Å². The van der Waals surface area contributed by atoms with Crippen molar-refractivity contribution < 1.29 is 28.2 Å². The van der Waals surface area contributed by atoms with Gasteiger partial charge < -0.3 is 29.3 Å². The van der Waals surface area contributed by atoms with Crippen molar-refractivity contribution in [2.75, 3.05) is 52.4 Å². The molecule has 1 N–H and O–H groups in total. The lowest BCUT2D eigenvalue weighted by Crippen LogP contribution is -2.44. The van der Waals surface area contributed by atoms with E-state index in [0.29, 0.717) is 47.1 Å². The molecule has 1 saturated heterocycles. The number of halogens is 1. The number of ketones is 1. The zero-order valence-electron chi connectivity index (χ0n) is 22.2. The normalized spacial score (nSPS) is 13.8. The van der Waals surface area contributed by atoms with Gasteiger partial charge in [-0.25, -0.2) is 4.39 Å². The van der Waals surface area contributed by atoms with Crippen LogP contribution in [-0.4, -0.2) is 64.1 Å². The van der Waals surface area contributed by atoms with Gasteiger partial charge in [0, 0.05) is 26.2 Å². The van der Waals surface area contributed by atoms with Gasteiger partial charge in [0.05, 0.1) is 49.7 Å². The molecule has 1 aromatic heterocycles. The Labute approximate surface area is 220 Å². The fourth-order valence-corrected chi connectivity index (χ4v) is 4.40. The molecule has 0 aliphatic carbocycles. The van der Waals surface area contributed by atoms with Gasteiger partial charge in [-0.3, -0.25) is 9.59 Å². The van der Waals surface area contributed by atoms with E-state index in [1.807, 2.05) is 18.7 Å². The van der Waals surface area contributed by atoms with E-state index in [4.69, 9.17) is 19.0 Å². The number of nitrogens with zero attached hydrogens (tertiary/aromatic N) is 2. The number of rotatable bonds is 9. The molecular weight excluding hydrogens is 493 g/mol. The van der Waals surface area contributed by atoms with Crippen LogP contribution in [0.25, 0.3) is 17.0 Å². The van der Waals surface area contributed by atoms with Crippen molar-refractivity contribution >= 4 is 28.4 Å². The molecule has 0 spiro atoms. The van der Waals surface area contributed by atoms with Gasteiger partial charge in [-0.15, -0.1) is 0 Å². The standard InChI is InChI=1S/C28H32FN3O6/c1-17(2)38-32-16-20(24(33)7-6-18-12-25(35-3)28(37-5)26(13-18)36-4)27(34)19-14-21(29)23(15-22(19)32)31-10-8-30-9-11-31/h6-7,12-17,30H,8-11H2,1-5H3/b7-6+. The molecule has 0 radical (unpaired) electrons. The lowest BCUT2D eigenvalue weighted by molar-refractivity contribution is 0.0666. The average Bonchev–Trinajstić information content (AvgIpc) is 2.92. The summed E-state index contributed by atoms with van der Waals surface area (Å²) in [6, 6.07) is 6.16. The summed E-state index contributed by atoms with van der Waals surface area (Å²) in [5.41, 5.74) is 0.661. The minimum Gasteiger partial charge on any atom is -0.493 e. The summed E-state index contributed by atoms with van der Waals surface area (Å²) in [6.45, 7) is 6.41. The van der Waals surface area contributed by atoms with Gasteiger partial charge in [0.2, 0.25) is 11.2 Å². The predicted molar refractivity (Wildman–Crippen MR) is 144 cm³/mol. The minimum atomic E-state index is -0.575. The Bertz CT molecular complexity index is 1400. The number of allylic oxidation sites excluding steroid dienone is 1. The molecule has 0 saturated carbocycles. The zero-order valence-corrected chi connectivity index (χ0v) is 22.2. The van der Waals surface area contributed by atoms with Crippen molar-refractivity contribution in [1.29, 1.82) is 0 Å². The summed E-state index contributed by atoms with van der Waals surface area (Å²) in [4.78, 5) is 34.4. The Morgan fingerprint density at radius 2 is 1.68 bits per heavy atom. The number of pyridine rings is 1. The van der Waals surface area contributed by atoms with Gasteiger partial charge in [0.15, 0.2) is 17.3 Å². The maximum absolute atomic E-state index is 15.2. The third-order valence-corrected chi connectivity index (χ3v) is 6.20. The molecule has 1 aliphatic rings. The number of carbonyl (C=O) groups excluding carboxylic acids is 1. The maximum atomic E-state index is 15.2. The highest BCUT2D eigenvalue weighted by Gasteiger charge is 2.21. The Kier molecular flexibility index (Phi) is 8.21. The number of carbonyl (C=O) groups is 1. The highest BCUT2D eigenvalue weighted by molar-refractivity contribution is 6.08. The van der Waals surface area contributed by atoms with E-state index in [2.05, 4.69) is 5.32 Å². The van der Waals surface area contributed by atoms with Crippen LogP contribution >= 0.6 is 0 Å². The van der Waals surface area contributed by atoms with E-state index in [9.17, 15) is 9.59 Å². The van der Waals surface area contributed by atoms with Crippen molar-refractivity contribution in [2.24, 2.45) is 0 Å². The third-order valence-electron chi connectivity index (χ3n) is 6.20.